The Morgan fingerprint density at radius 1 is 1.12 bits per heavy atom. The Balaban J connectivity index is 1.37. The number of halogens is 4. The van der Waals surface area contributed by atoms with Gasteiger partial charge in [0.25, 0.3) is 5.91 Å². The maximum Gasteiger partial charge on any atom is 0.435 e. The van der Waals surface area contributed by atoms with Crippen LogP contribution in [-0.2, 0) is 37.6 Å². The number of hydrogen-bond acceptors (Lipinski definition) is 5. The van der Waals surface area contributed by atoms with Crippen LogP contribution >= 0.6 is 11.6 Å². The molecule has 12 heteroatoms. The van der Waals surface area contributed by atoms with Crippen LogP contribution in [-0.4, -0.2) is 49.7 Å². The van der Waals surface area contributed by atoms with Gasteiger partial charge in [-0.1, -0.05) is 54.3 Å². The molecule has 1 saturated carbocycles. The molecular formula is C30H31ClF3N5O3. The number of alkyl halides is 3. The topological polar surface area (TPSA) is 80.6 Å². The van der Waals surface area contributed by atoms with Gasteiger partial charge < -0.3 is 14.5 Å². The number of carbonyl (C=O) groups is 2. The first-order valence-corrected chi connectivity index (χ1v) is 14.6. The first kappa shape index (κ1) is 28.5. The van der Waals surface area contributed by atoms with E-state index in [1.165, 1.54) is 7.05 Å². The third-order valence-electron chi connectivity index (χ3n) is 8.63. The third kappa shape index (κ3) is 5.23. The summed E-state index contributed by atoms with van der Waals surface area (Å²) in [5.41, 5.74) is 1.60. The van der Waals surface area contributed by atoms with E-state index in [1.54, 1.807) is 23.1 Å². The molecule has 1 aliphatic carbocycles. The monoisotopic (exact) mass is 601 g/mol. The first-order valence-electron chi connectivity index (χ1n) is 14.2. The van der Waals surface area contributed by atoms with Gasteiger partial charge in [-0.2, -0.15) is 13.2 Å². The number of benzene rings is 2. The van der Waals surface area contributed by atoms with Gasteiger partial charge in [-0.25, -0.2) is 4.68 Å². The molecule has 2 aliphatic heterocycles. The summed E-state index contributed by atoms with van der Waals surface area (Å²) in [6, 6.07) is 10.1. The molecule has 0 bridgehead atoms. The van der Waals surface area contributed by atoms with Crippen molar-refractivity contribution in [2.24, 2.45) is 13.0 Å². The van der Waals surface area contributed by atoms with Gasteiger partial charge in [-0.05, 0) is 48.6 Å². The van der Waals surface area contributed by atoms with Crippen LogP contribution in [0.3, 0.4) is 0 Å². The maximum atomic E-state index is 14.0. The molecule has 0 unspecified atom stereocenters. The molecule has 0 N–H and O–H groups in total. The number of aryl methyl sites for hydroxylation is 1. The van der Waals surface area contributed by atoms with Gasteiger partial charge in [0.1, 0.15) is 18.1 Å². The number of rotatable bonds is 6. The normalized spacial score (nSPS) is 19.2. The number of hydrogen-bond donors (Lipinski definition) is 0. The first-order chi connectivity index (χ1) is 20.1. The molecule has 1 aromatic heterocycles. The predicted molar refractivity (Wildman–Crippen MR) is 148 cm³/mol. The highest BCUT2D eigenvalue weighted by molar-refractivity contribution is 6.31. The van der Waals surface area contributed by atoms with E-state index >= 15 is 0 Å². The van der Waals surface area contributed by atoms with Crippen molar-refractivity contribution < 1.29 is 27.5 Å². The molecule has 6 rings (SSSR count). The standard InChI is InChI=1S/C30H31ClF3N5O3/c1-37-27(30(32,33)34)23(35-36-37)17-42-25-12-11-22(31)21-13-14-39(28(40)18-7-3-2-4-8-18)24(26(21)25)16-38-15-19-9-5-6-10-20(19)29(38)41/h5-6,9-12,18,24H,2-4,7-8,13-17H2,1H3/t24-/m1/s1. The lowest BCUT2D eigenvalue weighted by atomic mass is 9.85. The summed E-state index contributed by atoms with van der Waals surface area (Å²) in [5, 5.41) is 7.72. The Kier molecular flexibility index (Phi) is 7.63. The number of aromatic nitrogens is 3. The Morgan fingerprint density at radius 3 is 2.62 bits per heavy atom. The van der Waals surface area contributed by atoms with Crippen LogP contribution < -0.4 is 4.74 Å². The van der Waals surface area contributed by atoms with E-state index in [4.69, 9.17) is 16.3 Å². The summed E-state index contributed by atoms with van der Waals surface area (Å²) in [6.07, 6.45) is 0.521. The second-order valence-electron chi connectivity index (χ2n) is 11.2. The van der Waals surface area contributed by atoms with Gasteiger partial charge in [0.15, 0.2) is 5.69 Å². The molecule has 42 heavy (non-hydrogen) atoms. The quantitative estimate of drug-likeness (QED) is 0.361. The third-order valence-corrected chi connectivity index (χ3v) is 8.98. The Labute approximate surface area is 246 Å². The number of nitrogens with zero attached hydrogens (tertiary/aromatic N) is 5. The zero-order chi connectivity index (χ0) is 29.6. The highest BCUT2D eigenvalue weighted by atomic mass is 35.5. The molecule has 0 radical (unpaired) electrons. The number of amides is 2. The van der Waals surface area contributed by atoms with Crippen LogP contribution in [0.5, 0.6) is 5.75 Å². The van der Waals surface area contributed by atoms with E-state index < -0.39 is 24.5 Å². The van der Waals surface area contributed by atoms with Gasteiger partial charge in [-0.15, -0.1) is 5.10 Å². The van der Waals surface area contributed by atoms with Crippen LogP contribution in [0.2, 0.25) is 5.02 Å². The van der Waals surface area contributed by atoms with Crippen molar-refractivity contribution in [3.05, 3.63) is 75.1 Å². The van der Waals surface area contributed by atoms with Crippen LogP contribution in [0.15, 0.2) is 36.4 Å². The molecule has 0 spiro atoms. The van der Waals surface area contributed by atoms with Crippen LogP contribution in [0, 0.1) is 5.92 Å². The minimum Gasteiger partial charge on any atom is -0.487 e. The van der Waals surface area contributed by atoms with E-state index in [1.807, 2.05) is 23.1 Å². The zero-order valence-corrected chi connectivity index (χ0v) is 23.9. The molecular weight excluding hydrogens is 571 g/mol. The molecule has 1 atom stereocenters. The molecule has 2 amide bonds. The number of carbonyl (C=O) groups excluding carboxylic acids is 2. The van der Waals surface area contributed by atoms with Crippen LogP contribution in [0.1, 0.15) is 76.6 Å². The average molecular weight is 602 g/mol. The Bertz CT molecular complexity index is 1520. The fourth-order valence-corrected chi connectivity index (χ4v) is 6.86. The molecule has 0 saturated heterocycles. The van der Waals surface area contributed by atoms with Crippen LogP contribution in [0.25, 0.3) is 0 Å². The molecule has 1 fully saturated rings. The van der Waals surface area contributed by atoms with Gasteiger partial charge >= 0.3 is 6.18 Å². The second kappa shape index (κ2) is 11.2. The van der Waals surface area contributed by atoms with E-state index in [-0.39, 0.29) is 30.0 Å². The highest BCUT2D eigenvalue weighted by Crippen LogP contribution is 2.43. The van der Waals surface area contributed by atoms with Crippen molar-refractivity contribution >= 4 is 23.4 Å². The minimum atomic E-state index is -4.66. The molecule has 2 aromatic carbocycles. The Morgan fingerprint density at radius 2 is 1.88 bits per heavy atom. The van der Waals surface area contributed by atoms with Crippen LogP contribution in [0.4, 0.5) is 13.2 Å². The summed E-state index contributed by atoms with van der Waals surface area (Å²) in [4.78, 5) is 30.9. The van der Waals surface area contributed by atoms with Gasteiger partial charge in [0, 0.05) is 48.7 Å². The van der Waals surface area contributed by atoms with Crippen molar-refractivity contribution in [2.75, 3.05) is 13.1 Å². The Hall–Kier alpha value is -3.60. The average Bonchev–Trinajstić information content (AvgIpc) is 3.52. The molecule has 8 nitrogen and oxygen atoms in total. The highest BCUT2D eigenvalue weighted by Gasteiger charge is 2.41. The van der Waals surface area contributed by atoms with Crippen molar-refractivity contribution in [3.8, 4) is 5.75 Å². The summed E-state index contributed by atoms with van der Waals surface area (Å²) in [7, 11) is 1.18. The van der Waals surface area contributed by atoms with Crippen molar-refractivity contribution in [1.29, 1.82) is 0 Å². The molecule has 222 valence electrons. The molecule has 3 heterocycles. The second-order valence-corrected chi connectivity index (χ2v) is 11.6. The lowest BCUT2D eigenvalue weighted by molar-refractivity contribution is -0.144. The van der Waals surface area contributed by atoms with Gasteiger partial charge in [-0.3, -0.25) is 9.59 Å². The van der Waals surface area contributed by atoms with E-state index in [9.17, 15) is 22.8 Å². The number of fused-ring (bicyclic) bond motifs is 2. The zero-order valence-electron chi connectivity index (χ0n) is 23.2. The SMILES string of the molecule is Cn1nnc(COc2ccc(Cl)c3c2[C@@H](CN2Cc4ccccc4C2=O)N(C(=O)C2CCCCC2)CC3)c1C(F)(F)F. The number of ether oxygens (including phenoxy) is 1. The maximum absolute atomic E-state index is 14.0. The summed E-state index contributed by atoms with van der Waals surface area (Å²) in [5.74, 6) is 0.116. The summed E-state index contributed by atoms with van der Waals surface area (Å²) in [6.45, 7) is 0.549. The van der Waals surface area contributed by atoms with Crippen molar-refractivity contribution in [3.63, 3.8) is 0 Å². The summed E-state index contributed by atoms with van der Waals surface area (Å²) < 4.78 is 47.8. The summed E-state index contributed by atoms with van der Waals surface area (Å²) >= 11 is 6.67. The predicted octanol–water partition coefficient (Wildman–Crippen LogP) is 5.73. The molecule has 3 aliphatic rings. The van der Waals surface area contributed by atoms with E-state index in [2.05, 4.69) is 10.3 Å². The van der Waals surface area contributed by atoms with Crippen molar-refractivity contribution in [2.45, 2.75) is 63.9 Å². The fraction of sp³-hybridized carbons (Fsp3) is 0.467. The largest absolute Gasteiger partial charge is 0.487 e. The van der Waals surface area contributed by atoms with Crippen molar-refractivity contribution in [1.82, 2.24) is 24.8 Å². The van der Waals surface area contributed by atoms with E-state index in [0.29, 0.717) is 46.1 Å². The lowest BCUT2D eigenvalue weighted by Crippen LogP contribution is -2.48. The lowest BCUT2D eigenvalue weighted by Gasteiger charge is -2.42. The van der Waals surface area contributed by atoms with E-state index in [0.717, 1.165) is 43.2 Å². The minimum absolute atomic E-state index is 0.0359. The fourth-order valence-electron chi connectivity index (χ4n) is 6.60. The van der Waals surface area contributed by atoms with Gasteiger partial charge in [0.2, 0.25) is 5.91 Å². The smallest absolute Gasteiger partial charge is 0.435 e. The van der Waals surface area contributed by atoms with Gasteiger partial charge in [0.05, 0.1) is 6.04 Å². The molecule has 3 aromatic rings.